The van der Waals surface area contributed by atoms with Gasteiger partial charge in [-0.1, -0.05) is 40.0 Å². The summed E-state index contributed by atoms with van der Waals surface area (Å²) in [5.41, 5.74) is 5.69. The van der Waals surface area contributed by atoms with Crippen LogP contribution in [0.1, 0.15) is 59.3 Å². The molecule has 1 saturated carbocycles. The van der Waals surface area contributed by atoms with Crippen molar-refractivity contribution in [2.75, 3.05) is 6.54 Å². The van der Waals surface area contributed by atoms with Crippen molar-refractivity contribution in [3.63, 3.8) is 0 Å². The number of hydrogen-bond donors (Lipinski definition) is 3. The molecule has 2 unspecified atom stereocenters. The van der Waals surface area contributed by atoms with E-state index in [2.05, 4.69) is 26.1 Å². The van der Waals surface area contributed by atoms with Crippen LogP contribution in [0.3, 0.4) is 0 Å². The molecule has 1 rings (SSSR count). The molecule has 1 aliphatic rings. The fourth-order valence-electron chi connectivity index (χ4n) is 3.14. The highest BCUT2D eigenvalue weighted by atomic mass is 16.4. The molecular weight excluding hydrogens is 268 g/mol. The number of nitrogens with two attached hydrogens (primary N) is 1. The first-order valence-corrected chi connectivity index (χ1v) is 7.98. The van der Waals surface area contributed by atoms with E-state index in [1.807, 2.05) is 0 Å². The number of carboxylic acids is 1. The van der Waals surface area contributed by atoms with Gasteiger partial charge in [0, 0.05) is 6.54 Å². The predicted octanol–water partition coefficient (Wildman–Crippen LogP) is 2.15. The van der Waals surface area contributed by atoms with Gasteiger partial charge in [-0.2, -0.15) is 0 Å². The number of carboxylic acid groups (broad SMARTS) is 1. The first-order valence-electron chi connectivity index (χ1n) is 7.98. The second-order valence-corrected chi connectivity index (χ2v) is 7.42. The van der Waals surface area contributed by atoms with Crippen LogP contribution in [0, 0.1) is 17.3 Å². The van der Waals surface area contributed by atoms with Crippen molar-refractivity contribution in [2.24, 2.45) is 23.0 Å². The Morgan fingerprint density at radius 2 is 1.81 bits per heavy atom. The molecule has 5 heteroatoms. The molecule has 4 N–H and O–H groups in total. The monoisotopic (exact) mass is 298 g/mol. The SMILES string of the molecule is CC(C)(C)CC(CN)C(=O)NC(C(=O)O)C1CCCCC1. The highest BCUT2D eigenvalue weighted by molar-refractivity contribution is 5.85. The lowest BCUT2D eigenvalue weighted by Gasteiger charge is -2.30. The molecule has 0 aromatic carbocycles. The van der Waals surface area contributed by atoms with Gasteiger partial charge >= 0.3 is 5.97 Å². The Kier molecular flexibility index (Phi) is 6.65. The number of hydrogen-bond acceptors (Lipinski definition) is 3. The van der Waals surface area contributed by atoms with Crippen LogP contribution < -0.4 is 11.1 Å². The minimum atomic E-state index is -0.929. The normalized spacial score (nSPS) is 19.8. The van der Waals surface area contributed by atoms with Crippen LogP contribution in [0.15, 0.2) is 0 Å². The zero-order chi connectivity index (χ0) is 16.0. The summed E-state index contributed by atoms with van der Waals surface area (Å²) in [6.45, 7) is 6.41. The van der Waals surface area contributed by atoms with Crippen molar-refractivity contribution in [3.8, 4) is 0 Å². The Bertz CT molecular complexity index is 357. The zero-order valence-corrected chi connectivity index (χ0v) is 13.5. The molecule has 1 amide bonds. The lowest BCUT2D eigenvalue weighted by molar-refractivity contribution is -0.144. The van der Waals surface area contributed by atoms with Crippen molar-refractivity contribution in [1.29, 1.82) is 0 Å². The maximum Gasteiger partial charge on any atom is 0.326 e. The molecule has 0 heterocycles. The summed E-state index contributed by atoms with van der Waals surface area (Å²) in [4.78, 5) is 23.8. The van der Waals surface area contributed by atoms with Gasteiger partial charge in [0.2, 0.25) is 5.91 Å². The van der Waals surface area contributed by atoms with E-state index in [4.69, 9.17) is 5.73 Å². The van der Waals surface area contributed by atoms with E-state index in [0.717, 1.165) is 32.1 Å². The smallest absolute Gasteiger partial charge is 0.326 e. The molecule has 0 spiro atoms. The minimum absolute atomic E-state index is 0.00899. The Hall–Kier alpha value is -1.10. The molecule has 21 heavy (non-hydrogen) atoms. The Labute approximate surface area is 127 Å². The van der Waals surface area contributed by atoms with Crippen LogP contribution in [-0.4, -0.2) is 29.6 Å². The third-order valence-corrected chi connectivity index (χ3v) is 4.20. The summed E-state index contributed by atoms with van der Waals surface area (Å²) >= 11 is 0. The molecule has 1 aliphatic carbocycles. The van der Waals surface area contributed by atoms with E-state index in [9.17, 15) is 14.7 Å². The standard InChI is InChI=1S/C16H30N2O3/c1-16(2,3)9-12(10-17)14(19)18-13(15(20)21)11-7-5-4-6-8-11/h11-13H,4-10,17H2,1-3H3,(H,18,19)(H,20,21). The number of carbonyl (C=O) groups is 2. The molecule has 0 bridgehead atoms. The number of amides is 1. The van der Waals surface area contributed by atoms with Gasteiger partial charge < -0.3 is 16.2 Å². The summed E-state index contributed by atoms with van der Waals surface area (Å²) in [6.07, 6.45) is 5.67. The van der Waals surface area contributed by atoms with Crippen molar-refractivity contribution in [2.45, 2.75) is 65.3 Å². The minimum Gasteiger partial charge on any atom is -0.480 e. The fourth-order valence-corrected chi connectivity index (χ4v) is 3.14. The summed E-state index contributed by atoms with van der Waals surface area (Å²) in [5.74, 6) is -1.42. The molecule has 0 saturated heterocycles. The zero-order valence-electron chi connectivity index (χ0n) is 13.5. The molecule has 2 atom stereocenters. The Morgan fingerprint density at radius 1 is 1.24 bits per heavy atom. The van der Waals surface area contributed by atoms with Gasteiger partial charge in [0.25, 0.3) is 0 Å². The van der Waals surface area contributed by atoms with Gasteiger partial charge in [-0.05, 0) is 30.6 Å². The maximum atomic E-state index is 12.4. The number of rotatable bonds is 6. The number of aliphatic carboxylic acids is 1. The van der Waals surface area contributed by atoms with Gasteiger partial charge in [-0.25, -0.2) is 4.79 Å². The maximum absolute atomic E-state index is 12.4. The van der Waals surface area contributed by atoms with Gasteiger partial charge in [0.15, 0.2) is 0 Å². The molecule has 0 aromatic rings. The van der Waals surface area contributed by atoms with Gasteiger partial charge in [-0.3, -0.25) is 4.79 Å². The van der Waals surface area contributed by atoms with Gasteiger partial charge in [0.1, 0.15) is 6.04 Å². The Morgan fingerprint density at radius 3 is 2.24 bits per heavy atom. The first-order chi connectivity index (χ1) is 9.74. The first kappa shape index (κ1) is 18.0. The van der Waals surface area contributed by atoms with Crippen molar-refractivity contribution in [1.82, 2.24) is 5.32 Å². The molecule has 0 aliphatic heterocycles. The van der Waals surface area contributed by atoms with Crippen molar-refractivity contribution >= 4 is 11.9 Å². The van der Waals surface area contributed by atoms with Crippen LogP contribution in [0.2, 0.25) is 0 Å². The number of nitrogens with one attached hydrogen (secondary N) is 1. The highest BCUT2D eigenvalue weighted by Gasteiger charge is 2.33. The van der Waals surface area contributed by atoms with Crippen molar-refractivity contribution in [3.05, 3.63) is 0 Å². The van der Waals surface area contributed by atoms with E-state index in [0.29, 0.717) is 6.42 Å². The summed E-state index contributed by atoms with van der Waals surface area (Å²) in [7, 11) is 0. The largest absolute Gasteiger partial charge is 0.480 e. The second kappa shape index (κ2) is 7.78. The average molecular weight is 298 g/mol. The molecule has 122 valence electrons. The summed E-state index contributed by atoms with van der Waals surface area (Å²) in [6, 6.07) is -0.771. The van der Waals surface area contributed by atoms with E-state index in [1.54, 1.807) is 0 Å². The van der Waals surface area contributed by atoms with Gasteiger partial charge in [-0.15, -0.1) is 0 Å². The molecule has 1 fully saturated rings. The average Bonchev–Trinajstić information content (AvgIpc) is 2.41. The van der Waals surface area contributed by atoms with Crippen LogP contribution >= 0.6 is 0 Å². The van der Waals surface area contributed by atoms with E-state index < -0.39 is 12.0 Å². The molecule has 5 nitrogen and oxygen atoms in total. The fraction of sp³-hybridized carbons (Fsp3) is 0.875. The van der Waals surface area contributed by atoms with Crippen LogP contribution in [0.4, 0.5) is 0 Å². The lowest BCUT2D eigenvalue weighted by atomic mass is 9.82. The third kappa shape index (κ3) is 6.04. The summed E-state index contributed by atoms with van der Waals surface area (Å²) < 4.78 is 0. The summed E-state index contributed by atoms with van der Waals surface area (Å²) in [5, 5.41) is 12.2. The van der Waals surface area contributed by atoms with E-state index in [-0.39, 0.29) is 29.7 Å². The molecule has 0 radical (unpaired) electrons. The highest BCUT2D eigenvalue weighted by Crippen LogP contribution is 2.28. The topological polar surface area (TPSA) is 92.4 Å². The quantitative estimate of drug-likeness (QED) is 0.700. The van der Waals surface area contributed by atoms with Crippen LogP contribution in [0.25, 0.3) is 0 Å². The molecule has 0 aromatic heterocycles. The second-order valence-electron chi connectivity index (χ2n) is 7.42. The Balaban J connectivity index is 2.68. The molecular formula is C16H30N2O3. The third-order valence-electron chi connectivity index (χ3n) is 4.20. The van der Waals surface area contributed by atoms with Crippen molar-refractivity contribution < 1.29 is 14.7 Å². The van der Waals surface area contributed by atoms with Crippen LogP contribution in [0.5, 0.6) is 0 Å². The van der Waals surface area contributed by atoms with E-state index in [1.165, 1.54) is 0 Å². The van der Waals surface area contributed by atoms with E-state index >= 15 is 0 Å². The van der Waals surface area contributed by atoms with Gasteiger partial charge in [0.05, 0.1) is 5.92 Å². The predicted molar refractivity (Wildman–Crippen MR) is 82.8 cm³/mol. The van der Waals surface area contributed by atoms with Crippen LogP contribution in [-0.2, 0) is 9.59 Å². The number of carbonyl (C=O) groups excluding carboxylic acids is 1. The lowest BCUT2D eigenvalue weighted by Crippen LogP contribution is -2.50.